The van der Waals surface area contributed by atoms with E-state index in [9.17, 15) is 18.8 Å². The van der Waals surface area contributed by atoms with Gasteiger partial charge in [-0.25, -0.2) is 9.18 Å². The Morgan fingerprint density at radius 2 is 1.57 bits per heavy atom. The highest BCUT2D eigenvalue weighted by molar-refractivity contribution is 6.01. The van der Waals surface area contributed by atoms with Crippen molar-refractivity contribution in [1.29, 1.82) is 0 Å². The summed E-state index contributed by atoms with van der Waals surface area (Å²) in [6.07, 6.45) is 0. The Bertz CT molecular complexity index is 1080. The fraction of sp³-hybridized carbons (Fsp3) is 0.0870. The fourth-order valence-electron chi connectivity index (χ4n) is 2.76. The lowest BCUT2D eigenvalue weighted by molar-refractivity contribution is -0.114. The third-order valence-electron chi connectivity index (χ3n) is 4.12. The van der Waals surface area contributed by atoms with Gasteiger partial charge in [0.25, 0.3) is 0 Å². The van der Waals surface area contributed by atoms with Gasteiger partial charge in [-0.2, -0.15) is 0 Å². The topological polar surface area (TPSA) is 84.5 Å². The van der Waals surface area contributed by atoms with Crippen molar-refractivity contribution >= 4 is 34.7 Å². The molecule has 0 aliphatic heterocycles. The largest absolute Gasteiger partial charge is 0.454 e. The van der Waals surface area contributed by atoms with Crippen LogP contribution in [0.5, 0.6) is 0 Å². The van der Waals surface area contributed by atoms with Gasteiger partial charge in [0.1, 0.15) is 5.82 Å². The Kier molecular flexibility index (Phi) is 6.54. The number of hydrogen-bond acceptors (Lipinski definition) is 5. The summed E-state index contributed by atoms with van der Waals surface area (Å²) >= 11 is 0. The average molecular weight is 406 g/mol. The number of nitrogens with one attached hydrogen (secondary N) is 2. The number of carbonyl (C=O) groups is 3. The molecule has 6 nitrogen and oxygen atoms in total. The van der Waals surface area contributed by atoms with Gasteiger partial charge in [0, 0.05) is 18.3 Å². The van der Waals surface area contributed by atoms with E-state index in [1.165, 1.54) is 19.1 Å². The highest BCUT2D eigenvalue weighted by atomic mass is 19.1. The van der Waals surface area contributed by atoms with E-state index >= 15 is 0 Å². The molecule has 0 bridgehead atoms. The Labute approximate surface area is 172 Å². The van der Waals surface area contributed by atoms with Crippen molar-refractivity contribution in [2.45, 2.75) is 6.92 Å². The van der Waals surface area contributed by atoms with Crippen LogP contribution in [-0.4, -0.2) is 24.3 Å². The van der Waals surface area contributed by atoms with Gasteiger partial charge in [-0.05, 0) is 42.5 Å². The van der Waals surface area contributed by atoms with Crippen LogP contribution in [0.2, 0.25) is 0 Å². The minimum Gasteiger partial charge on any atom is -0.454 e. The lowest BCUT2D eigenvalue weighted by atomic mass is 10.1. The summed E-state index contributed by atoms with van der Waals surface area (Å²) in [5, 5.41) is 5.55. The third-order valence-corrected chi connectivity index (χ3v) is 4.12. The lowest BCUT2D eigenvalue weighted by Gasteiger charge is -2.12. The number of hydrogen-bond donors (Lipinski definition) is 2. The van der Waals surface area contributed by atoms with Crippen LogP contribution in [0.1, 0.15) is 27.6 Å². The van der Waals surface area contributed by atoms with Gasteiger partial charge in [-0.1, -0.05) is 30.3 Å². The summed E-state index contributed by atoms with van der Waals surface area (Å²) < 4.78 is 19.3. The number of Topliss-reactive ketones (excluding diaryl/α,β-unsaturated/α-hetero) is 1. The molecule has 3 rings (SSSR count). The molecule has 2 N–H and O–H groups in total. The first-order chi connectivity index (χ1) is 14.4. The molecule has 1 amide bonds. The van der Waals surface area contributed by atoms with E-state index in [-0.39, 0.29) is 22.7 Å². The van der Waals surface area contributed by atoms with Gasteiger partial charge < -0.3 is 15.4 Å². The summed E-state index contributed by atoms with van der Waals surface area (Å²) in [5.41, 5.74) is 1.56. The Hall–Kier alpha value is -4.00. The normalized spacial score (nSPS) is 10.2. The molecule has 0 fully saturated rings. The second-order valence-electron chi connectivity index (χ2n) is 6.41. The maximum atomic E-state index is 14.2. The summed E-state index contributed by atoms with van der Waals surface area (Å²) in [5.74, 6) is -2.57. The molecule has 0 unspecified atom stereocenters. The van der Waals surface area contributed by atoms with Crippen LogP contribution >= 0.6 is 0 Å². The lowest BCUT2D eigenvalue weighted by Crippen LogP contribution is -2.16. The number of ketones is 1. The van der Waals surface area contributed by atoms with Crippen LogP contribution in [0, 0.1) is 5.82 Å². The highest BCUT2D eigenvalue weighted by Gasteiger charge is 2.18. The number of ether oxygens (including phenoxy) is 1. The van der Waals surface area contributed by atoms with E-state index in [1.54, 1.807) is 24.3 Å². The molecule has 0 atom stereocenters. The fourth-order valence-corrected chi connectivity index (χ4v) is 2.76. The van der Waals surface area contributed by atoms with Crippen molar-refractivity contribution in [3.8, 4) is 0 Å². The predicted octanol–water partition coefficient (Wildman–Crippen LogP) is 4.57. The SMILES string of the molecule is CC(=O)Nc1ccc(C(=O)COC(=O)c2ccccc2Nc2ccccc2)c(F)c1. The number of rotatable bonds is 7. The summed E-state index contributed by atoms with van der Waals surface area (Å²) in [7, 11) is 0. The zero-order chi connectivity index (χ0) is 21.5. The highest BCUT2D eigenvalue weighted by Crippen LogP contribution is 2.22. The first-order valence-corrected chi connectivity index (χ1v) is 9.12. The second-order valence-corrected chi connectivity index (χ2v) is 6.41. The van der Waals surface area contributed by atoms with Crippen molar-refractivity contribution in [3.05, 3.63) is 89.7 Å². The summed E-state index contributed by atoms with van der Waals surface area (Å²) in [6.45, 7) is 0.676. The minimum atomic E-state index is -0.812. The summed E-state index contributed by atoms with van der Waals surface area (Å²) in [6, 6.07) is 19.7. The molecule has 0 radical (unpaired) electrons. The molecule has 152 valence electrons. The van der Waals surface area contributed by atoms with Crippen molar-refractivity contribution in [2.75, 3.05) is 17.2 Å². The number of carbonyl (C=O) groups excluding carboxylic acids is 3. The van der Waals surface area contributed by atoms with Crippen molar-refractivity contribution in [3.63, 3.8) is 0 Å². The van der Waals surface area contributed by atoms with Gasteiger partial charge in [-0.3, -0.25) is 9.59 Å². The van der Waals surface area contributed by atoms with Crippen LogP contribution in [0.4, 0.5) is 21.5 Å². The van der Waals surface area contributed by atoms with Crippen molar-refractivity contribution in [1.82, 2.24) is 0 Å². The molecule has 0 spiro atoms. The minimum absolute atomic E-state index is 0.229. The Balaban J connectivity index is 1.67. The number of amides is 1. The van der Waals surface area contributed by atoms with Gasteiger partial charge in [0.2, 0.25) is 11.7 Å². The molecule has 3 aromatic rings. The third kappa shape index (κ3) is 5.29. The monoisotopic (exact) mass is 406 g/mol. The van der Waals surface area contributed by atoms with E-state index in [4.69, 9.17) is 4.74 Å². The number of esters is 1. The maximum absolute atomic E-state index is 14.2. The first kappa shape index (κ1) is 20.7. The van der Waals surface area contributed by atoms with Gasteiger partial charge >= 0.3 is 5.97 Å². The molecule has 0 aliphatic carbocycles. The van der Waals surface area contributed by atoms with Crippen LogP contribution in [0.15, 0.2) is 72.8 Å². The van der Waals surface area contributed by atoms with Crippen LogP contribution in [-0.2, 0) is 9.53 Å². The molecule has 0 saturated carbocycles. The standard InChI is InChI=1S/C23H19FN2O4/c1-15(27)25-17-11-12-18(20(24)13-17)22(28)14-30-23(29)19-9-5-6-10-21(19)26-16-7-3-2-4-8-16/h2-13,26H,14H2,1H3,(H,25,27). The van der Waals surface area contributed by atoms with E-state index in [0.717, 1.165) is 11.8 Å². The molecule has 0 heterocycles. The quantitative estimate of drug-likeness (QED) is 0.444. The summed E-state index contributed by atoms with van der Waals surface area (Å²) in [4.78, 5) is 35.8. The van der Waals surface area contributed by atoms with Crippen LogP contribution < -0.4 is 10.6 Å². The maximum Gasteiger partial charge on any atom is 0.340 e. The van der Waals surface area contributed by atoms with E-state index in [2.05, 4.69) is 10.6 Å². The predicted molar refractivity (Wildman–Crippen MR) is 111 cm³/mol. The van der Waals surface area contributed by atoms with Gasteiger partial charge in [-0.15, -0.1) is 0 Å². The molecule has 30 heavy (non-hydrogen) atoms. The van der Waals surface area contributed by atoms with Gasteiger partial charge in [0.15, 0.2) is 6.61 Å². The van der Waals surface area contributed by atoms with Crippen LogP contribution in [0.3, 0.4) is 0 Å². The molecular formula is C23H19FN2O4. The van der Waals surface area contributed by atoms with Crippen molar-refractivity contribution in [2.24, 2.45) is 0 Å². The zero-order valence-corrected chi connectivity index (χ0v) is 16.1. The second kappa shape index (κ2) is 9.47. The first-order valence-electron chi connectivity index (χ1n) is 9.12. The Morgan fingerprint density at radius 1 is 0.867 bits per heavy atom. The van der Waals surface area contributed by atoms with Crippen molar-refractivity contribution < 1.29 is 23.5 Å². The van der Waals surface area contributed by atoms with E-state index in [1.807, 2.05) is 30.3 Å². The smallest absolute Gasteiger partial charge is 0.340 e. The molecule has 3 aromatic carbocycles. The number of benzene rings is 3. The number of para-hydroxylation sites is 2. The molecule has 0 saturated heterocycles. The number of anilines is 3. The molecule has 7 heteroatoms. The molecule has 0 aromatic heterocycles. The van der Waals surface area contributed by atoms with Crippen LogP contribution in [0.25, 0.3) is 0 Å². The molecular weight excluding hydrogens is 387 g/mol. The Morgan fingerprint density at radius 3 is 2.27 bits per heavy atom. The average Bonchev–Trinajstić information content (AvgIpc) is 2.72. The van der Waals surface area contributed by atoms with E-state index in [0.29, 0.717) is 5.69 Å². The number of halogens is 1. The van der Waals surface area contributed by atoms with Gasteiger partial charge in [0.05, 0.1) is 16.8 Å². The van der Waals surface area contributed by atoms with E-state index < -0.39 is 24.2 Å². The zero-order valence-electron chi connectivity index (χ0n) is 16.1. The molecule has 0 aliphatic rings.